The summed E-state index contributed by atoms with van der Waals surface area (Å²) in [6.07, 6.45) is 1.31. The van der Waals surface area contributed by atoms with Crippen molar-refractivity contribution in [2.24, 2.45) is 0 Å². The fraction of sp³-hybridized carbons (Fsp3) is 0.276. The van der Waals surface area contributed by atoms with E-state index in [9.17, 15) is 5.11 Å². The molecule has 0 saturated carbocycles. The Morgan fingerprint density at radius 1 is 0.587 bits per heavy atom. The number of aromatic nitrogens is 3. The largest absolute Gasteiger partial charge is 0.507 e. The van der Waals surface area contributed by atoms with Gasteiger partial charge in [0.25, 0.3) is 0 Å². The Morgan fingerprint density at radius 2 is 1.25 bits per heavy atom. The second kappa shape index (κ2) is 16.9. The van der Waals surface area contributed by atoms with E-state index in [0.717, 1.165) is 28.3 Å². The summed E-state index contributed by atoms with van der Waals surface area (Å²) in [6.45, 7) is 7.69. The van der Waals surface area contributed by atoms with Gasteiger partial charge in [-0.05, 0) is 79.8 Å². The van der Waals surface area contributed by atoms with Crippen LogP contribution in [0.1, 0.15) is 124 Å². The van der Waals surface area contributed by atoms with E-state index in [1.165, 1.54) is 24.4 Å². The molecule has 2 aromatic heterocycles. The third kappa shape index (κ3) is 9.11. The van der Waals surface area contributed by atoms with Crippen LogP contribution < -0.4 is 0 Å². The minimum Gasteiger partial charge on any atom is -0.507 e. The van der Waals surface area contributed by atoms with Crippen LogP contribution in [0.25, 0.3) is 72.7 Å². The topological polar surface area (TPSA) is 50.9 Å². The van der Waals surface area contributed by atoms with Gasteiger partial charge in [-0.25, -0.2) is 4.98 Å². The van der Waals surface area contributed by atoms with Crippen LogP contribution in [0.15, 0.2) is 140 Å². The first-order chi connectivity index (χ1) is 35.0. The second-order valence-corrected chi connectivity index (χ2v) is 19.1. The Bertz CT molecular complexity index is 3510. The smallest absolute Gasteiger partial charge is 0.148 e. The van der Waals surface area contributed by atoms with E-state index < -0.39 is 72.6 Å². The molecule has 2 heterocycles. The van der Waals surface area contributed by atoms with Crippen LogP contribution in [-0.4, -0.2) is 19.6 Å². The van der Waals surface area contributed by atoms with Gasteiger partial charge < -0.3 is 5.11 Å². The van der Waals surface area contributed by atoms with E-state index in [0.29, 0.717) is 33.7 Å². The molecule has 0 radical (unpaired) electrons. The molecule has 0 saturated heterocycles. The molecule has 0 aliphatic heterocycles. The van der Waals surface area contributed by atoms with Crippen molar-refractivity contribution < 1.29 is 45.4 Å². The van der Waals surface area contributed by atoms with Gasteiger partial charge in [0.1, 0.15) is 11.6 Å². The number of rotatable bonds is 6. The molecule has 0 unspecified atom stereocenters. The maximum Gasteiger partial charge on any atom is 0.148 e. The SMILES string of the molecule is [2H]c1c([2H])c([2H])c(-c2ccnc(-c3[c-]c(-c4cccc5c4nc(-c4cc(C(C)(C)C)cc(C(C)(C)C)c4O)n5-c4ccc(C(C)(C)C)cc4-c4ccccc4)cc(C(C([2H])([2H])[2H])(C([2H])([2H])[2H])C([2H])([2H])[2H])c3)c2)c([2H])c1[2H].[Pt]. The number of phenolic OH excluding ortho intramolecular Hbond substituents is 1. The Hall–Kier alpha value is -5.57. The van der Waals surface area contributed by atoms with Crippen molar-refractivity contribution in [1.82, 2.24) is 14.5 Å². The zero-order valence-corrected chi connectivity index (χ0v) is 39.3. The minimum absolute atomic E-state index is 0. The molecule has 0 fully saturated rings. The molecular weight excluding hydrogens is 950 g/mol. The van der Waals surface area contributed by atoms with Gasteiger partial charge in [0.2, 0.25) is 0 Å². The maximum absolute atomic E-state index is 12.6. The van der Waals surface area contributed by atoms with Crippen LogP contribution in [0.3, 0.4) is 0 Å². The second-order valence-electron chi connectivity index (χ2n) is 19.1. The first-order valence-corrected chi connectivity index (χ1v) is 20.7. The monoisotopic (exact) mass is 1020 g/mol. The molecule has 63 heavy (non-hydrogen) atoms. The van der Waals surface area contributed by atoms with Crippen LogP contribution in [-0.2, 0) is 42.7 Å². The normalized spacial score (nSPS) is 16.2. The minimum atomic E-state index is -3.67. The van der Waals surface area contributed by atoms with Crippen molar-refractivity contribution in [1.29, 1.82) is 0 Å². The number of imidazole rings is 1. The molecular formula is C58H60N3OPt-. The third-order valence-electron chi connectivity index (χ3n) is 11.3. The predicted octanol–water partition coefficient (Wildman–Crippen LogP) is 15.4. The van der Waals surface area contributed by atoms with Crippen molar-refractivity contribution in [2.45, 2.75) is 105 Å². The summed E-state index contributed by atoms with van der Waals surface area (Å²) < 4.78 is 123. The molecule has 5 heteroatoms. The number of hydrogen-bond donors (Lipinski definition) is 1. The quantitative estimate of drug-likeness (QED) is 0.169. The molecule has 1 N–H and O–H groups in total. The van der Waals surface area contributed by atoms with Gasteiger partial charge >= 0.3 is 0 Å². The molecule has 0 amide bonds. The summed E-state index contributed by atoms with van der Waals surface area (Å²) in [6, 6.07) is 31.0. The molecule has 0 aliphatic carbocycles. The van der Waals surface area contributed by atoms with Gasteiger partial charge in [0.15, 0.2) is 0 Å². The van der Waals surface area contributed by atoms with Gasteiger partial charge in [0, 0.05) is 56.4 Å². The summed E-state index contributed by atoms with van der Waals surface area (Å²) in [7, 11) is 0. The first-order valence-electron chi connectivity index (χ1n) is 27.7. The van der Waals surface area contributed by atoms with E-state index in [1.54, 1.807) is 12.1 Å². The van der Waals surface area contributed by atoms with Crippen LogP contribution >= 0.6 is 0 Å². The number of fused-ring (bicyclic) bond motifs is 1. The average molecular weight is 1020 g/mol. The summed E-state index contributed by atoms with van der Waals surface area (Å²) in [5, 5.41) is 12.6. The zero-order valence-electron chi connectivity index (χ0n) is 51.0. The summed E-state index contributed by atoms with van der Waals surface area (Å²) in [5.41, 5.74) is 1.28. The van der Waals surface area contributed by atoms with E-state index in [2.05, 4.69) is 64.7 Å². The maximum atomic E-state index is 12.6. The van der Waals surface area contributed by atoms with Gasteiger partial charge in [0.05, 0.1) is 29.1 Å². The number of phenols is 1. The van der Waals surface area contributed by atoms with Gasteiger partial charge in [-0.3, -0.25) is 9.55 Å². The summed E-state index contributed by atoms with van der Waals surface area (Å²) in [5.74, 6) is 0.341. The van der Waals surface area contributed by atoms with E-state index in [4.69, 9.17) is 24.2 Å². The Morgan fingerprint density at radius 3 is 1.92 bits per heavy atom. The molecule has 0 aliphatic rings. The Labute approximate surface area is 409 Å². The molecule has 8 aromatic rings. The fourth-order valence-electron chi connectivity index (χ4n) is 7.79. The summed E-state index contributed by atoms with van der Waals surface area (Å²) >= 11 is 0. The average Bonchev–Trinajstić information content (AvgIpc) is 3.79. The number of pyridine rings is 1. The zero-order chi connectivity index (χ0) is 56.2. The molecule has 4 nitrogen and oxygen atoms in total. The van der Waals surface area contributed by atoms with Crippen LogP contribution in [0, 0.1) is 6.07 Å². The van der Waals surface area contributed by atoms with Crippen molar-refractivity contribution in [3.8, 4) is 67.5 Å². The third-order valence-corrected chi connectivity index (χ3v) is 11.3. The van der Waals surface area contributed by atoms with Crippen molar-refractivity contribution in [3.63, 3.8) is 0 Å². The van der Waals surface area contributed by atoms with Crippen molar-refractivity contribution >= 4 is 11.0 Å². The van der Waals surface area contributed by atoms with Crippen LogP contribution in [0.5, 0.6) is 5.75 Å². The molecule has 8 rings (SSSR count). The van der Waals surface area contributed by atoms with E-state index in [1.807, 2.05) is 79.9 Å². The van der Waals surface area contributed by atoms with Crippen molar-refractivity contribution in [2.75, 3.05) is 0 Å². The number of para-hydroxylation sites is 1. The Kier molecular flexibility index (Phi) is 8.16. The predicted molar refractivity (Wildman–Crippen MR) is 261 cm³/mol. The van der Waals surface area contributed by atoms with E-state index in [-0.39, 0.29) is 65.7 Å². The number of hydrogen-bond acceptors (Lipinski definition) is 3. The molecule has 6 aromatic carbocycles. The number of benzene rings is 6. The van der Waals surface area contributed by atoms with E-state index >= 15 is 0 Å². The standard InChI is InChI=1S/C58H60N3O.Pt/c1-55(2,3)42-26-27-50(46(34-42)38-22-17-14-18-23-38)61-51-25-19-24-45(52(51)60-54(61)47-35-44(57(7,8)9)36-48(53(47)62)58(10,11)12)40-30-41(32-43(31-40)56(4,5)6)49-33-39(28-29-59-49)37-20-15-13-16-21-37;/h13-29,31-36,62H,1-12H3;/q-1;/i4D3,5D3,6D3,13D,15D,16D,20D,21D;. The van der Waals surface area contributed by atoms with Gasteiger partial charge in [-0.15, -0.1) is 29.3 Å². The van der Waals surface area contributed by atoms with Gasteiger partial charge in [-0.2, -0.15) is 0 Å². The summed E-state index contributed by atoms with van der Waals surface area (Å²) in [4.78, 5) is 9.96. The fourth-order valence-corrected chi connectivity index (χ4v) is 7.79. The first kappa shape index (κ1) is 30.5. The van der Waals surface area contributed by atoms with Crippen LogP contribution in [0.4, 0.5) is 0 Å². The number of nitrogens with zero attached hydrogens (tertiary/aromatic N) is 3. The molecule has 0 atom stereocenters. The molecule has 0 spiro atoms. The Balaban J connectivity index is 0.00000861. The molecule has 0 bridgehead atoms. The van der Waals surface area contributed by atoms with Crippen molar-refractivity contribution in [3.05, 3.63) is 168 Å². The number of aromatic hydroxyl groups is 1. The van der Waals surface area contributed by atoms with Crippen LogP contribution in [0.2, 0.25) is 0 Å². The van der Waals surface area contributed by atoms with Gasteiger partial charge in [-0.1, -0.05) is 185 Å². The molecule has 324 valence electrons.